The van der Waals surface area contributed by atoms with Crippen LogP contribution in [0.1, 0.15) is 35.9 Å². The normalized spacial score (nSPS) is 19.3. The first-order valence-corrected chi connectivity index (χ1v) is 6.64. The molecule has 0 aromatic carbocycles. The SMILES string of the molecule is CNC1(C)CCN(Cc2ccoc2C(=O)OC)CC1. The third kappa shape index (κ3) is 3.16. The number of ether oxygens (including phenoxy) is 1. The Bertz CT molecular complexity index is 434. The highest BCUT2D eigenvalue weighted by Crippen LogP contribution is 2.23. The number of hydrogen-bond acceptors (Lipinski definition) is 5. The number of rotatable bonds is 4. The van der Waals surface area contributed by atoms with Crippen molar-refractivity contribution in [2.24, 2.45) is 0 Å². The van der Waals surface area contributed by atoms with Gasteiger partial charge in [0.15, 0.2) is 0 Å². The molecule has 2 heterocycles. The fourth-order valence-electron chi connectivity index (χ4n) is 2.43. The van der Waals surface area contributed by atoms with Gasteiger partial charge in [-0.3, -0.25) is 4.90 Å². The highest BCUT2D eigenvalue weighted by Gasteiger charge is 2.29. The van der Waals surface area contributed by atoms with Gasteiger partial charge >= 0.3 is 5.97 Å². The van der Waals surface area contributed by atoms with Crippen molar-refractivity contribution in [2.75, 3.05) is 27.2 Å². The van der Waals surface area contributed by atoms with Gasteiger partial charge in [-0.15, -0.1) is 0 Å². The Morgan fingerprint density at radius 1 is 1.53 bits per heavy atom. The summed E-state index contributed by atoms with van der Waals surface area (Å²) in [5.74, 6) is -0.0819. The zero-order valence-electron chi connectivity index (χ0n) is 11.9. The predicted molar refractivity (Wildman–Crippen MR) is 72.0 cm³/mol. The van der Waals surface area contributed by atoms with Crippen molar-refractivity contribution in [1.82, 2.24) is 10.2 Å². The number of hydrogen-bond donors (Lipinski definition) is 1. The van der Waals surface area contributed by atoms with Gasteiger partial charge in [0, 0.05) is 30.7 Å². The standard InChI is InChI=1S/C14H22N2O3/c1-14(15-2)5-7-16(8-6-14)10-11-4-9-19-12(11)13(17)18-3/h4,9,15H,5-8,10H2,1-3H3. The van der Waals surface area contributed by atoms with Crippen molar-refractivity contribution in [3.05, 3.63) is 23.7 Å². The van der Waals surface area contributed by atoms with Crippen molar-refractivity contribution < 1.29 is 13.9 Å². The van der Waals surface area contributed by atoms with Crippen LogP contribution in [0.3, 0.4) is 0 Å². The molecule has 1 aromatic rings. The maximum absolute atomic E-state index is 11.5. The summed E-state index contributed by atoms with van der Waals surface area (Å²) in [6, 6.07) is 1.85. The molecule has 0 atom stereocenters. The van der Waals surface area contributed by atoms with Crippen LogP contribution in [0.25, 0.3) is 0 Å². The van der Waals surface area contributed by atoms with Crippen molar-refractivity contribution in [3.63, 3.8) is 0 Å². The number of carbonyl (C=O) groups excluding carboxylic acids is 1. The summed E-state index contributed by atoms with van der Waals surface area (Å²) >= 11 is 0. The van der Waals surface area contributed by atoms with Gasteiger partial charge in [0.25, 0.3) is 0 Å². The topological polar surface area (TPSA) is 54.7 Å². The number of carbonyl (C=O) groups is 1. The molecule has 5 nitrogen and oxygen atoms in total. The van der Waals surface area contributed by atoms with Gasteiger partial charge in [-0.1, -0.05) is 0 Å². The van der Waals surface area contributed by atoms with Gasteiger partial charge < -0.3 is 14.5 Å². The van der Waals surface area contributed by atoms with Crippen LogP contribution in [0.5, 0.6) is 0 Å². The lowest BCUT2D eigenvalue weighted by atomic mass is 9.90. The predicted octanol–water partition coefficient (Wildman–Crippen LogP) is 1.64. The second kappa shape index (κ2) is 5.75. The Balaban J connectivity index is 1.96. The van der Waals surface area contributed by atoms with E-state index in [9.17, 15) is 4.79 Å². The first kappa shape index (κ1) is 14.1. The van der Waals surface area contributed by atoms with Crippen molar-refractivity contribution in [2.45, 2.75) is 31.8 Å². The van der Waals surface area contributed by atoms with Gasteiger partial charge in [-0.2, -0.15) is 0 Å². The van der Waals surface area contributed by atoms with Crippen LogP contribution < -0.4 is 5.32 Å². The summed E-state index contributed by atoms with van der Waals surface area (Å²) in [6.07, 6.45) is 3.76. The summed E-state index contributed by atoms with van der Waals surface area (Å²) in [5.41, 5.74) is 1.14. The molecule has 0 amide bonds. The summed E-state index contributed by atoms with van der Waals surface area (Å²) < 4.78 is 9.92. The first-order chi connectivity index (χ1) is 9.08. The summed E-state index contributed by atoms with van der Waals surface area (Å²) in [5, 5.41) is 3.38. The lowest BCUT2D eigenvalue weighted by Crippen LogP contribution is -2.49. The molecule has 0 saturated carbocycles. The molecule has 1 fully saturated rings. The van der Waals surface area contributed by atoms with Crippen LogP contribution in [0, 0.1) is 0 Å². The van der Waals surface area contributed by atoms with E-state index >= 15 is 0 Å². The van der Waals surface area contributed by atoms with Crippen LogP contribution in [-0.4, -0.2) is 43.7 Å². The molecule has 1 aliphatic rings. The minimum atomic E-state index is -0.405. The highest BCUT2D eigenvalue weighted by molar-refractivity contribution is 5.87. The average Bonchev–Trinajstić information content (AvgIpc) is 2.89. The van der Waals surface area contributed by atoms with E-state index in [4.69, 9.17) is 9.15 Å². The van der Waals surface area contributed by atoms with Crippen LogP contribution in [0.4, 0.5) is 0 Å². The molecule has 0 spiro atoms. The third-order valence-corrected chi connectivity index (χ3v) is 4.07. The largest absolute Gasteiger partial charge is 0.463 e. The van der Waals surface area contributed by atoms with Crippen LogP contribution in [-0.2, 0) is 11.3 Å². The molecular formula is C14H22N2O3. The average molecular weight is 266 g/mol. The number of piperidine rings is 1. The number of likely N-dealkylation sites (tertiary alicyclic amines) is 1. The molecule has 1 aliphatic heterocycles. The Morgan fingerprint density at radius 2 is 2.21 bits per heavy atom. The third-order valence-electron chi connectivity index (χ3n) is 4.07. The zero-order chi connectivity index (χ0) is 13.9. The molecule has 1 aromatic heterocycles. The molecule has 1 N–H and O–H groups in total. The molecule has 5 heteroatoms. The fourth-order valence-corrected chi connectivity index (χ4v) is 2.43. The van der Waals surface area contributed by atoms with E-state index in [2.05, 4.69) is 17.1 Å². The summed E-state index contributed by atoms with van der Waals surface area (Å²) in [4.78, 5) is 13.9. The van der Waals surface area contributed by atoms with E-state index in [-0.39, 0.29) is 5.54 Å². The minimum absolute atomic E-state index is 0.234. The monoisotopic (exact) mass is 266 g/mol. The van der Waals surface area contributed by atoms with E-state index in [0.717, 1.165) is 38.0 Å². The zero-order valence-corrected chi connectivity index (χ0v) is 11.9. The van der Waals surface area contributed by atoms with Gasteiger partial charge in [-0.25, -0.2) is 4.79 Å². The smallest absolute Gasteiger partial charge is 0.374 e. The number of nitrogens with one attached hydrogen (secondary N) is 1. The number of methoxy groups -OCH3 is 1. The van der Waals surface area contributed by atoms with Gasteiger partial charge in [0.2, 0.25) is 5.76 Å². The van der Waals surface area contributed by atoms with Crippen molar-refractivity contribution in [1.29, 1.82) is 0 Å². The maximum atomic E-state index is 11.5. The van der Waals surface area contributed by atoms with E-state index < -0.39 is 5.97 Å². The highest BCUT2D eigenvalue weighted by atomic mass is 16.5. The van der Waals surface area contributed by atoms with Crippen LogP contribution in [0.2, 0.25) is 0 Å². The van der Waals surface area contributed by atoms with Gasteiger partial charge in [0.1, 0.15) is 0 Å². The molecule has 0 unspecified atom stereocenters. The Hall–Kier alpha value is -1.33. The van der Waals surface area contributed by atoms with Crippen molar-refractivity contribution in [3.8, 4) is 0 Å². The second-order valence-electron chi connectivity index (χ2n) is 5.35. The van der Waals surface area contributed by atoms with E-state index in [1.165, 1.54) is 7.11 Å². The van der Waals surface area contributed by atoms with Crippen LogP contribution >= 0.6 is 0 Å². The molecular weight excluding hydrogens is 244 g/mol. The van der Waals surface area contributed by atoms with Crippen molar-refractivity contribution >= 4 is 5.97 Å². The number of nitrogens with zero attached hydrogens (tertiary/aromatic N) is 1. The lowest BCUT2D eigenvalue weighted by molar-refractivity contribution is 0.0560. The molecule has 0 bridgehead atoms. The second-order valence-corrected chi connectivity index (χ2v) is 5.35. The Labute approximate surface area is 113 Å². The van der Waals surface area contributed by atoms with E-state index in [1.54, 1.807) is 6.26 Å². The fraction of sp³-hybridized carbons (Fsp3) is 0.643. The lowest BCUT2D eigenvalue weighted by Gasteiger charge is -2.39. The maximum Gasteiger partial charge on any atom is 0.374 e. The number of esters is 1. The molecule has 2 rings (SSSR count). The Kier molecular flexibility index (Phi) is 4.27. The van der Waals surface area contributed by atoms with E-state index in [1.807, 2.05) is 13.1 Å². The molecule has 19 heavy (non-hydrogen) atoms. The quantitative estimate of drug-likeness (QED) is 0.840. The molecule has 0 aliphatic carbocycles. The molecule has 0 radical (unpaired) electrons. The minimum Gasteiger partial charge on any atom is -0.463 e. The van der Waals surface area contributed by atoms with Gasteiger partial charge in [-0.05, 0) is 32.9 Å². The molecule has 1 saturated heterocycles. The van der Waals surface area contributed by atoms with Gasteiger partial charge in [0.05, 0.1) is 13.4 Å². The summed E-state index contributed by atoms with van der Waals surface area (Å²) in [7, 11) is 3.38. The Morgan fingerprint density at radius 3 is 2.79 bits per heavy atom. The van der Waals surface area contributed by atoms with Crippen LogP contribution in [0.15, 0.2) is 16.7 Å². The number of furan rings is 1. The van der Waals surface area contributed by atoms with E-state index in [0.29, 0.717) is 5.76 Å². The summed E-state index contributed by atoms with van der Waals surface area (Å²) in [6.45, 7) is 5.02. The first-order valence-electron chi connectivity index (χ1n) is 6.64. The molecule has 106 valence electrons.